The number of para-hydroxylation sites is 1. The van der Waals surface area contributed by atoms with E-state index in [0.29, 0.717) is 17.5 Å². The molecular weight excluding hydrogens is 386 g/mol. The summed E-state index contributed by atoms with van der Waals surface area (Å²) in [6.07, 6.45) is 0. The minimum atomic E-state index is -1.02. The van der Waals surface area contributed by atoms with Crippen molar-refractivity contribution in [3.63, 3.8) is 0 Å². The monoisotopic (exact) mass is 402 g/mol. The van der Waals surface area contributed by atoms with Gasteiger partial charge in [-0.3, -0.25) is 4.79 Å². The zero-order valence-electron chi connectivity index (χ0n) is 14.5. The Balaban J connectivity index is 1.54. The van der Waals surface area contributed by atoms with Crippen LogP contribution in [-0.4, -0.2) is 26.6 Å². The molecule has 1 aromatic heterocycles. The van der Waals surface area contributed by atoms with E-state index >= 15 is 0 Å². The van der Waals surface area contributed by atoms with Crippen LogP contribution in [0.1, 0.15) is 5.82 Å². The number of hydrogen-bond donors (Lipinski definition) is 3. The molecule has 0 saturated carbocycles. The number of halogens is 2. The average molecular weight is 402 g/mol. The molecule has 3 rings (SSSR count). The second-order valence-corrected chi connectivity index (χ2v) is 6.58. The number of hydrogen-bond acceptors (Lipinski definition) is 7. The molecule has 4 N–H and O–H groups in total. The molecule has 3 aromatic rings. The van der Waals surface area contributed by atoms with Crippen molar-refractivity contribution in [2.24, 2.45) is 0 Å². The molecule has 0 aliphatic heterocycles. The highest BCUT2D eigenvalue weighted by molar-refractivity contribution is 7.99. The fourth-order valence-corrected chi connectivity index (χ4v) is 2.89. The number of carbonyl (C=O) groups is 1. The van der Waals surface area contributed by atoms with Gasteiger partial charge in [-0.25, -0.2) is 8.78 Å². The molecule has 0 radical (unpaired) electrons. The number of aromatic nitrogens is 3. The van der Waals surface area contributed by atoms with Gasteiger partial charge in [-0.2, -0.15) is 15.0 Å². The predicted octanol–water partition coefficient (Wildman–Crippen LogP) is 3.35. The summed E-state index contributed by atoms with van der Waals surface area (Å²) >= 11 is 1.25. The fourth-order valence-electron chi connectivity index (χ4n) is 2.21. The molecule has 0 saturated heterocycles. The molecule has 2 aromatic carbocycles. The van der Waals surface area contributed by atoms with E-state index in [1.54, 1.807) is 0 Å². The Kier molecular flexibility index (Phi) is 6.33. The molecule has 10 heteroatoms. The lowest BCUT2D eigenvalue weighted by atomic mass is 10.3. The number of carbonyl (C=O) groups excluding carboxylic acids is 1. The molecule has 0 atom stereocenters. The second kappa shape index (κ2) is 9.09. The van der Waals surface area contributed by atoms with Crippen molar-refractivity contribution >= 4 is 40.9 Å². The van der Waals surface area contributed by atoms with Crippen LogP contribution in [0.2, 0.25) is 0 Å². The average Bonchev–Trinajstić information content (AvgIpc) is 2.65. The minimum absolute atomic E-state index is 0.0651. The summed E-state index contributed by atoms with van der Waals surface area (Å²) in [6.45, 7) is 0. The van der Waals surface area contributed by atoms with Gasteiger partial charge in [-0.15, -0.1) is 11.8 Å². The van der Waals surface area contributed by atoms with Gasteiger partial charge in [0.05, 0.1) is 11.5 Å². The van der Waals surface area contributed by atoms with E-state index in [2.05, 4.69) is 25.6 Å². The van der Waals surface area contributed by atoms with Gasteiger partial charge in [0.25, 0.3) is 0 Å². The number of anilines is 4. The number of benzene rings is 2. The van der Waals surface area contributed by atoms with Crippen molar-refractivity contribution in [2.75, 3.05) is 22.1 Å². The van der Waals surface area contributed by atoms with Gasteiger partial charge in [0.15, 0.2) is 11.6 Å². The first-order valence-electron chi connectivity index (χ1n) is 8.15. The number of nitrogens with zero attached hydrogens (tertiary/aromatic N) is 3. The number of nitrogen functional groups attached to an aromatic ring is 1. The molecule has 0 fully saturated rings. The van der Waals surface area contributed by atoms with Crippen LogP contribution in [0.4, 0.5) is 32.1 Å². The summed E-state index contributed by atoms with van der Waals surface area (Å²) in [4.78, 5) is 24.3. The van der Waals surface area contributed by atoms with Crippen LogP contribution in [-0.2, 0) is 10.5 Å². The highest BCUT2D eigenvalue weighted by Gasteiger charge is 2.09. The summed E-state index contributed by atoms with van der Waals surface area (Å²) in [5, 5.41) is 5.52. The maximum absolute atomic E-state index is 13.2. The van der Waals surface area contributed by atoms with Crippen LogP contribution >= 0.6 is 11.8 Å². The first-order valence-corrected chi connectivity index (χ1v) is 9.30. The summed E-state index contributed by atoms with van der Waals surface area (Å²) in [6, 6.07) is 12.5. The molecule has 1 amide bonds. The molecule has 0 aliphatic carbocycles. The van der Waals surface area contributed by atoms with Crippen LogP contribution < -0.4 is 16.4 Å². The molecule has 1 heterocycles. The molecule has 7 nitrogen and oxygen atoms in total. The number of thioether (sulfide) groups is 1. The van der Waals surface area contributed by atoms with Gasteiger partial charge in [0.2, 0.25) is 17.8 Å². The number of rotatable bonds is 7. The largest absolute Gasteiger partial charge is 0.368 e. The van der Waals surface area contributed by atoms with Crippen molar-refractivity contribution in [1.29, 1.82) is 0 Å². The van der Waals surface area contributed by atoms with Gasteiger partial charge in [0.1, 0.15) is 5.82 Å². The van der Waals surface area contributed by atoms with E-state index in [-0.39, 0.29) is 23.3 Å². The quantitative estimate of drug-likeness (QED) is 0.556. The highest BCUT2D eigenvalue weighted by atomic mass is 32.2. The van der Waals surface area contributed by atoms with Crippen LogP contribution in [0.15, 0.2) is 48.5 Å². The summed E-state index contributed by atoms with van der Waals surface area (Å²) in [5.74, 6) is -1.18. The zero-order chi connectivity index (χ0) is 19.9. The normalized spacial score (nSPS) is 10.5. The Hall–Kier alpha value is -3.27. The van der Waals surface area contributed by atoms with Crippen LogP contribution in [0.5, 0.6) is 0 Å². The maximum Gasteiger partial charge on any atom is 0.234 e. The van der Waals surface area contributed by atoms with Crippen molar-refractivity contribution in [1.82, 2.24) is 15.0 Å². The highest BCUT2D eigenvalue weighted by Crippen LogP contribution is 2.17. The molecule has 0 aliphatic rings. The first-order chi connectivity index (χ1) is 13.5. The van der Waals surface area contributed by atoms with E-state index < -0.39 is 11.6 Å². The topological polar surface area (TPSA) is 106 Å². The summed E-state index contributed by atoms with van der Waals surface area (Å²) < 4.78 is 26.1. The molecular formula is C18H16F2N6OS. The van der Waals surface area contributed by atoms with Crippen molar-refractivity contribution in [3.8, 4) is 0 Å². The Morgan fingerprint density at radius 2 is 1.79 bits per heavy atom. The van der Waals surface area contributed by atoms with Crippen LogP contribution in [0, 0.1) is 11.6 Å². The number of nitrogens with two attached hydrogens (primary N) is 1. The van der Waals surface area contributed by atoms with Crippen LogP contribution in [0.25, 0.3) is 0 Å². The van der Waals surface area contributed by atoms with E-state index in [4.69, 9.17) is 5.73 Å². The lowest BCUT2D eigenvalue weighted by molar-refractivity contribution is -0.113. The lowest BCUT2D eigenvalue weighted by Gasteiger charge is -2.08. The molecule has 0 unspecified atom stereocenters. The van der Waals surface area contributed by atoms with Gasteiger partial charge >= 0.3 is 0 Å². The predicted molar refractivity (Wildman–Crippen MR) is 105 cm³/mol. The third-order valence-corrected chi connectivity index (χ3v) is 4.33. The number of nitrogens with one attached hydrogen (secondary N) is 2. The Labute approximate surface area is 163 Å². The van der Waals surface area contributed by atoms with E-state index in [0.717, 1.165) is 17.8 Å². The van der Waals surface area contributed by atoms with Gasteiger partial charge in [-0.05, 0) is 24.3 Å². The van der Waals surface area contributed by atoms with E-state index in [9.17, 15) is 13.6 Å². The number of amides is 1. The standard InChI is InChI=1S/C18H16F2N6OS/c19-13-7-6-12(8-14(13)20)22-16(27)10-28-9-15-24-17(21)26-18(25-15)23-11-4-2-1-3-5-11/h1-8H,9-10H2,(H,22,27)(H3,21,23,24,25,26). The maximum atomic E-state index is 13.2. The molecule has 144 valence electrons. The van der Waals surface area contributed by atoms with Crippen molar-refractivity contribution < 1.29 is 13.6 Å². The van der Waals surface area contributed by atoms with Crippen molar-refractivity contribution in [2.45, 2.75) is 5.75 Å². The molecule has 0 spiro atoms. The minimum Gasteiger partial charge on any atom is -0.368 e. The zero-order valence-corrected chi connectivity index (χ0v) is 15.3. The van der Waals surface area contributed by atoms with Gasteiger partial charge in [0, 0.05) is 17.4 Å². The van der Waals surface area contributed by atoms with E-state index in [1.807, 2.05) is 30.3 Å². The molecule has 0 bridgehead atoms. The Bertz CT molecular complexity index is 974. The van der Waals surface area contributed by atoms with Gasteiger partial charge < -0.3 is 16.4 Å². The van der Waals surface area contributed by atoms with Gasteiger partial charge in [-0.1, -0.05) is 18.2 Å². The third kappa shape index (κ3) is 5.61. The molecule has 28 heavy (non-hydrogen) atoms. The smallest absolute Gasteiger partial charge is 0.234 e. The summed E-state index contributed by atoms with van der Waals surface area (Å²) in [5.41, 5.74) is 6.70. The fraction of sp³-hybridized carbons (Fsp3) is 0.111. The Morgan fingerprint density at radius 1 is 1.00 bits per heavy atom. The van der Waals surface area contributed by atoms with Crippen LogP contribution in [0.3, 0.4) is 0 Å². The van der Waals surface area contributed by atoms with E-state index in [1.165, 1.54) is 17.8 Å². The van der Waals surface area contributed by atoms with Crippen molar-refractivity contribution in [3.05, 3.63) is 66.0 Å². The second-order valence-electron chi connectivity index (χ2n) is 5.59. The summed E-state index contributed by atoms with van der Waals surface area (Å²) in [7, 11) is 0. The lowest BCUT2D eigenvalue weighted by Crippen LogP contribution is -2.15. The Morgan fingerprint density at radius 3 is 2.54 bits per heavy atom. The SMILES string of the molecule is Nc1nc(CSCC(=O)Nc2ccc(F)c(F)c2)nc(Nc2ccccc2)n1. The third-order valence-electron chi connectivity index (χ3n) is 3.40. The first kappa shape index (κ1) is 19.5.